The van der Waals surface area contributed by atoms with Gasteiger partial charge in [0.15, 0.2) is 0 Å². The maximum atomic E-state index is 12.7. The minimum absolute atomic E-state index is 0.0557. The molecule has 1 unspecified atom stereocenters. The van der Waals surface area contributed by atoms with E-state index in [0.717, 1.165) is 32.1 Å². The third kappa shape index (κ3) is 2.99. The standard InChI is InChI=1S/C21H21NO7/c1-26-19(24)15-16(20(25)27-2)21(14-11-7-6-10-13(14)18(23)29-21)28-17(15)22-12-8-4-3-5-9-12/h6-7,10-12H,3-5,8-9H2,1-2H3. The van der Waals surface area contributed by atoms with Gasteiger partial charge in [0.05, 0.1) is 31.4 Å². The lowest BCUT2D eigenvalue weighted by molar-refractivity contribution is -0.150. The van der Waals surface area contributed by atoms with Gasteiger partial charge < -0.3 is 18.9 Å². The van der Waals surface area contributed by atoms with Gasteiger partial charge in [-0.25, -0.2) is 19.4 Å². The first-order chi connectivity index (χ1) is 14.0. The number of rotatable bonds is 3. The van der Waals surface area contributed by atoms with Crippen molar-refractivity contribution in [3.05, 3.63) is 46.5 Å². The monoisotopic (exact) mass is 399 g/mol. The Morgan fingerprint density at radius 3 is 2.41 bits per heavy atom. The van der Waals surface area contributed by atoms with Gasteiger partial charge in [-0.1, -0.05) is 31.4 Å². The number of benzene rings is 1. The highest BCUT2D eigenvalue weighted by molar-refractivity contribution is 6.24. The second kappa shape index (κ2) is 7.35. The molecule has 1 aromatic rings. The zero-order valence-electron chi connectivity index (χ0n) is 16.2. The molecule has 1 aromatic carbocycles. The van der Waals surface area contributed by atoms with Crippen molar-refractivity contribution in [3.8, 4) is 0 Å². The van der Waals surface area contributed by atoms with Crippen LogP contribution in [0.1, 0.15) is 48.0 Å². The maximum Gasteiger partial charge on any atom is 0.344 e. The molecule has 1 fully saturated rings. The second-order valence-corrected chi connectivity index (χ2v) is 7.11. The van der Waals surface area contributed by atoms with Crippen molar-refractivity contribution in [2.75, 3.05) is 14.2 Å². The highest BCUT2D eigenvalue weighted by Gasteiger charge is 2.61. The molecular weight excluding hydrogens is 378 g/mol. The van der Waals surface area contributed by atoms with E-state index in [0.29, 0.717) is 5.56 Å². The lowest BCUT2D eigenvalue weighted by Crippen LogP contribution is -2.33. The van der Waals surface area contributed by atoms with Crippen molar-refractivity contribution in [2.45, 2.75) is 43.9 Å². The van der Waals surface area contributed by atoms with Gasteiger partial charge in [-0.15, -0.1) is 0 Å². The molecule has 1 aliphatic carbocycles. The smallest absolute Gasteiger partial charge is 0.344 e. The number of esters is 3. The third-order valence-corrected chi connectivity index (χ3v) is 5.42. The Bertz CT molecular complexity index is 942. The number of aliphatic imine (C=N–C) groups is 1. The van der Waals surface area contributed by atoms with Gasteiger partial charge in [-0.2, -0.15) is 0 Å². The van der Waals surface area contributed by atoms with Gasteiger partial charge in [0, 0.05) is 0 Å². The molecule has 1 saturated carbocycles. The van der Waals surface area contributed by atoms with Gasteiger partial charge in [-0.05, 0) is 25.0 Å². The minimum Gasteiger partial charge on any atom is -0.465 e. The molecule has 8 nitrogen and oxygen atoms in total. The predicted octanol–water partition coefficient (Wildman–Crippen LogP) is 2.41. The molecule has 2 heterocycles. The van der Waals surface area contributed by atoms with Crippen molar-refractivity contribution in [1.29, 1.82) is 0 Å². The third-order valence-electron chi connectivity index (χ3n) is 5.42. The second-order valence-electron chi connectivity index (χ2n) is 7.11. The summed E-state index contributed by atoms with van der Waals surface area (Å²) >= 11 is 0. The molecule has 0 N–H and O–H groups in total. The Hall–Kier alpha value is -3.16. The van der Waals surface area contributed by atoms with Crippen molar-refractivity contribution < 1.29 is 33.3 Å². The van der Waals surface area contributed by atoms with E-state index in [1.54, 1.807) is 24.3 Å². The molecule has 1 spiro atoms. The molecule has 1 atom stereocenters. The van der Waals surface area contributed by atoms with Crippen LogP contribution in [-0.4, -0.2) is 44.1 Å². The number of hydrogen-bond acceptors (Lipinski definition) is 8. The van der Waals surface area contributed by atoms with E-state index in [-0.39, 0.29) is 28.6 Å². The SMILES string of the molecule is COC(=O)C1=C(C(=O)OC)C2(OC(=O)c3ccccc32)OC1=NC1CCCCC1. The molecule has 4 rings (SSSR count). The van der Waals surface area contributed by atoms with Gasteiger partial charge in [0.2, 0.25) is 5.90 Å². The summed E-state index contributed by atoms with van der Waals surface area (Å²) in [6.07, 6.45) is 4.86. The summed E-state index contributed by atoms with van der Waals surface area (Å²) in [6.45, 7) is 0. The van der Waals surface area contributed by atoms with Gasteiger partial charge in [0.25, 0.3) is 0 Å². The highest BCUT2D eigenvalue weighted by Crippen LogP contribution is 2.49. The number of hydrogen-bond donors (Lipinski definition) is 0. The fourth-order valence-corrected chi connectivity index (χ4v) is 4.06. The number of carbonyl (C=O) groups excluding carboxylic acids is 3. The van der Waals surface area contributed by atoms with E-state index < -0.39 is 23.7 Å². The molecule has 152 valence electrons. The summed E-state index contributed by atoms with van der Waals surface area (Å²) in [6, 6.07) is 6.49. The summed E-state index contributed by atoms with van der Waals surface area (Å²) in [5.74, 6) is -4.31. The highest BCUT2D eigenvalue weighted by atomic mass is 16.7. The average Bonchev–Trinajstić information content (AvgIpc) is 3.22. The zero-order chi connectivity index (χ0) is 20.6. The molecule has 0 aromatic heterocycles. The van der Waals surface area contributed by atoms with Gasteiger partial charge >= 0.3 is 23.7 Å². The topological polar surface area (TPSA) is 100 Å². The fourth-order valence-electron chi connectivity index (χ4n) is 4.06. The average molecular weight is 399 g/mol. The Kier molecular flexibility index (Phi) is 4.86. The molecule has 2 aliphatic heterocycles. The van der Waals surface area contributed by atoms with E-state index in [1.165, 1.54) is 14.2 Å². The van der Waals surface area contributed by atoms with Crippen molar-refractivity contribution in [2.24, 2.45) is 4.99 Å². The summed E-state index contributed by atoms with van der Waals surface area (Å²) in [4.78, 5) is 42.5. The zero-order valence-corrected chi connectivity index (χ0v) is 16.2. The molecule has 0 saturated heterocycles. The predicted molar refractivity (Wildman–Crippen MR) is 100.0 cm³/mol. The number of carbonyl (C=O) groups is 3. The van der Waals surface area contributed by atoms with Crippen LogP contribution < -0.4 is 0 Å². The van der Waals surface area contributed by atoms with Crippen molar-refractivity contribution in [3.63, 3.8) is 0 Å². The molecule has 29 heavy (non-hydrogen) atoms. The van der Waals surface area contributed by atoms with Crippen LogP contribution in [0.5, 0.6) is 0 Å². The summed E-state index contributed by atoms with van der Waals surface area (Å²) < 4.78 is 21.4. The van der Waals surface area contributed by atoms with Gasteiger partial charge in [-0.3, -0.25) is 0 Å². The first-order valence-electron chi connectivity index (χ1n) is 9.53. The van der Waals surface area contributed by atoms with Gasteiger partial charge in [0.1, 0.15) is 11.1 Å². The summed E-state index contributed by atoms with van der Waals surface area (Å²) in [5.41, 5.74) is 0.159. The Morgan fingerprint density at radius 2 is 1.72 bits per heavy atom. The number of methoxy groups -OCH3 is 2. The maximum absolute atomic E-state index is 12.7. The molecular formula is C21H21NO7. The van der Waals surface area contributed by atoms with Crippen LogP contribution in [0.25, 0.3) is 0 Å². The fraction of sp³-hybridized carbons (Fsp3) is 0.429. The quantitative estimate of drug-likeness (QED) is 0.568. The molecule has 8 heteroatoms. The molecule has 0 amide bonds. The van der Waals surface area contributed by atoms with E-state index in [4.69, 9.17) is 18.9 Å². The molecule has 0 radical (unpaired) electrons. The first-order valence-corrected chi connectivity index (χ1v) is 9.53. The van der Waals surface area contributed by atoms with Crippen LogP contribution in [-0.2, 0) is 34.3 Å². The van der Waals surface area contributed by atoms with Crippen LogP contribution in [0, 0.1) is 0 Å². The minimum atomic E-state index is -1.92. The lowest BCUT2D eigenvalue weighted by atomic mass is 9.93. The van der Waals surface area contributed by atoms with Crippen molar-refractivity contribution in [1.82, 2.24) is 0 Å². The first kappa shape index (κ1) is 19.2. The van der Waals surface area contributed by atoms with E-state index in [9.17, 15) is 14.4 Å². The Balaban J connectivity index is 1.92. The van der Waals surface area contributed by atoms with E-state index in [2.05, 4.69) is 4.99 Å². The van der Waals surface area contributed by atoms with Crippen LogP contribution in [0.4, 0.5) is 0 Å². The van der Waals surface area contributed by atoms with Crippen LogP contribution in [0.3, 0.4) is 0 Å². The Morgan fingerprint density at radius 1 is 1.03 bits per heavy atom. The number of fused-ring (bicyclic) bond motifs is 2. The summed E-state index contributed by atoms with van der Waals surface area (Å²) in [5, 5.41) is 0. The largest absolute Gasteiger partial charge is 0.465 e. The summed E-state index contributed by atoms with van der Waals surface area (Å²) in [7, 11) is 2.37. The Labute approximate surface area is 167 Å². The van der Waals surface area contributed by atoms with E-state index >= 15 is 0 Å². The molecule has 0 bridgehead atoms. The van der Waals surface area contributed by atoms with Crippen LogP contribution in [0.15, 0.2) is 40.4 Å². The van der Waals surface area contributed by atoms with Crippen molar-refractivity contribution >= 4 is 23.8 Å². The van der Waals surface area contributed by atoms with Crippen LogP contribution in [0.2, 0.25) is 0 Å². The van der Waals surface area contributed by atoms with E-state index in [1.807, 2.05) is 0 Å². The number of nitrogens with zero attached hydrogens (tertiary/aromatic N) is 1. The normalized spacial score (nSPS) is 25.0. The lowest BCUT2D eigenvalue weighted by Gasteiger charge is -2.25. The molecule has 3 aliphatic rings. The number of ether oxygens (including phenoxy) is 4. The van der Waals surface area contributed by atoms with Crippen LogP contribution >= 0.6 is 0 Å².